The average molecular weight is 538 g/mol. The van der Waals surface area contributed by atoms with Gasteiger partial charge in [0.2, 0.25) is 11.9 Å². The molecular weight excluding hydrogens is 502 g/mol. The number of aromatic nitrogens is 5. The van der Waals surface area contributed by atoms with Crippen LogP contribution in [0.2, 0.25) is 0 Å². The van der Waals surface area contributed by atoms with Crippen LogP contribution in [0.5, 0.6) is 0 Å². The van der Waals surface area contributed by atoms with Crippen molar-refractivity contribution in [3.8, 4) is 11.3 Å². The molecule has 0 spiro atoms. The summed E-state index contributed by atoms with van der Waals surface area (Å²) in [6, 6.07) is 12.3. The van der Waals surface area contributed by atoms with Crippen LogP contribution in [-0.2, 0) is 11.3 Å². The van der Waals surface area contributed by atoms with Crippen molar-refractivity contribution >= 4 is 34.5 Å². The van der Waals surface area contributed by atoms with E-state index in [1.165, 1.54) is 18.4 Å². The van der Waals surface area contributed by atoms with Crippen molar-refractivity contribution in [3.05, 3.63) is 54.5 Å². The van der Waals surface area contributed by atoms with Gasteiger partial charge in [-0.1, -0.05) is 6.07 Å². The number of aromatic amines is 1. The van der Waals surface area contributed by atoms with Gasteiger partial charge in [-0.3, -0.25) is 9.69 Å². The van der Waals surface area contributed by atoms with E-state index in [9.17, 15) is 4.79 Å². The minimum absolute atomic E-state index is 0.300. The lowest BCUT2D eigenvalue weighted by Crippen LogP contribution is -2.48. The van der Waals surface area contributed by atoms with Crippen molar-refractivity contribution < 1.29 is 4.79 Å². The predicted molar refractivity (Wildman–Crippen MR) is 155 cm³/mol. The summed E-state index contributed by atoms with van der Waals surface area (Å²) in [6.45, 7) is 5.32. The third kappa shape index (κ3) is 5.62. The summed E-state index contributed by atoms with van der Waals surface area (Å²) >= 11 is 0. The quantitative estimate of drug-likeness (QED) is 0.329. The Balaban J connectivity index is 1.00. The number of benzene rings is 1. The van der Waals surface area contributed by atoms with Crippen molar-refractivity contribution in [1.29, 1.82) is 0 Å². The van der Waals surface area contributed by atoms with Gasteiger partial charge < -0.3 is 20.1 Å². The van der Waals surface area contributed by atoms with Gasteiger partial charge in [0, 0.05) is 70.1 Å². The smallest absolute Gasteiger partial charge is 0.225 e. The molecule has 1 saturated heterocycles. The van der Waals surface area contributed by atoms with Crippen molar-refractivity contribution in [3.63, 3.8) is 0 Å². The molecule has 206 valence electrons. The molecule has 1 aliphatic heterocycles. The number of piperazine rings is 1. The molecule has 3 aliphatic rings. The first-order valence-corrected chi connectivity index (χ1v) is 14.3. The number of rotatable bonds is 9. The van der Waals surface area contributed by atoms with Gasteiger partial charge in [-0.05, 0) is 61.4 Å². The molecule has 10 heteroatoms. The molecule has 0 unspecified atom stereocenters. The summed E-state index contributed by atoms with van der Waals surface area (Å²) < 4.78 is 0. The Bertz CT molecular complexity index is 1520. The van der Waals surface area contributed by atoms with Gasteiger partial charge >= 0.3 is 0 Å². The number of nitrogens with one attached hydrogen (secondary N) is 2. The second kappa shape index (κ2) is 10.5. The zero-order valence-corrected chi connectivity index (χ0v) is 22.9. The number of fused-ring (bicyclic) bond motifs is 1. The maximum Gasteiger partial charge on any atom is 0.225 e. The van der Waals surface area contributed by atoms with Gasteiger partial charge in [-0.2, -0.15) is 0 Å². The van der Waals surface area contributed by atoms with Crippen molar-refractivity contribution in [2.24, 2.45) is 11.8 Å². The van der Waals surface area contributed by atoms with E-state index >= 15 is 0 Å². The molecule has 2 N–H and O–H groups in total. The third-order valence-electron chi connectivity index (χ3n) is 8.14. The molecule has 4 aromatic rings. The van der Waals surface area contributed by atoms with Gasteiger partial charge in [0.25, 0.3) is 0 Å². The number of amides is 1. The van der Waals surface area contributed by atoms with E-state index in [-0.39, 0.29) is 0 Å². The summed E-state index contributed by atoms with van der Waals surface area (Å²) in [4.78, 5) is 40.6. The normalized spacial score (nSPS) is 17.8. The summed E-state index contributed by atoms with van der Waals surface area (Å²) in [5.41, 5.74) is 4.91. The van der Waals surface area contributed by atoms with E-state index in [1.54, 1.807) is 6.33 Å². The number of anilines is 3. The van der Waals surface area contributed by atoms with Gasteiger partial charge in [-0.15, -0.1) is 0 Å². The Morgan fingerprint density at radius 3 is 2.67 bits per heavy atom. The molecule has 3 aromatic heterocycles. The van der Waals surface area contributed by atoms with Gasteiger partial charge in [0.1, 0.15) is 18.0 Å². The van der Waals surface area contributed by atoms with Crippen LogP contribution in [-0.4, -0.2) is 80.4 Å². The van der Waals surface area contributed by atoms with Gasteiger partial charge in [0.05, 0.1) is 16.7 Å². The van der Waals surface area contributed by atoms with E-state index in [1.807, 2.05) is 17.2 Å². The molecule has 0 radical (unpaired) electrons. The first kappa shape index (κ1) is 25.0. The van der Waals surface area contributed by atoms with Gasteiger partial charge in [0.15, 0.2) is 0 Å². The Morgan fingerprint density at radius 1 is 1.02 bits per heavy atom. The minimum atomic E-state index is 0.300. The number of H-pyrrole nitrogens is 1. The summed E-state index contributed by atoms with van der Waals surface area (Å²) in [5.74, 6) is 3.80. The molecule has 0 atom stereocenters. The Hall–Kier alpha value is -4.05. The molecule has 10 nitrogen and oxygen atoms in total. The summed E-state index contributed by atoms with van der Waals surface area (Å²) in [6.07, 6.45) is 8.24. The highest BCUT2D eigenvalue weighted by Gasteiger charge is 2.34. The first-order valence-electron chi connectivity index (χ1n) is 14.3. The van der Waals surface area contributed by atoms with Gasteiger partial charge in [-0.25, -0.2) is 19.9 Å². The maximum atomic E-state index is 12.3. The molecular formula is C30H35N9O. The lowest BCUT2D eigenvalue weighted by atomic mass is 10.1. The van der Waals surface area contributed by atoms with Crippen LogP contribution in [0, 0.1) is 11.8 Å². The highest BCUT2D eigenvalue weighted by molar-refractivity contribution is 5.83. The summed E-state index contributed by atoms with van der Waals surface area (Å²) in [5, 5.41) is 3.34. The van der Waals surface area contributed by atoms with Crippen molar-refractivity contribution in [1.82, 2.24) is 34.7 Å². The Labute approximate surface area is 233 Å². The molecule has 1 aromatic carbocycles. The molecule has 40 heavy (non-hydrogen) atoms. The fourth-order valence-electron chi connectivity index (χ4n) is 5.46. The lowest BCUT2D eigenvalue weighted by molar-refractivity contribution is -0.134. The highest BCUT2D eigenvalue weighted by atomic mass is 16.2. The van der Waals surface area contributed by atoms with E-state index < -0.39 is 0 Å². The molecule has 4 heterocycles. The van der Waals surface area contributed by atoms with Crippen LogP contribution >= 0.6 is 0 Å². The number of hydrogen-bond acceptors (Lipinski definition) is 8. The zero-order chi connectivity index (χ0) is 27.1. The zero-order valence-electron chi connectivity index (χ0n) is 22.9. The monoisotopic (exact) mass is 537 g/mol. The molecule has 7 rings (SSSR count). The second-order valence-corrected chi connectivity index (χ2v) is 11.5. The number of carbonyl (C=O) groups excluding carboxylic acids is 1. The molecule has 3 fully saturated rings. The van der Waals surface area contributed by atoms with E-state index in [0.29, 0.717) is 17.8 Å². The molecule has 1 amide bonds. The number of hydrogen-bond donors (Lipinski definition) is 2. The number of carbonyl (C=O) groups is 1. The van der Waals surface area contributed by atoms with Crippen LogP contribution in [0.25, 0.3) is 22.3 Å². The molecule has 2 aliphatic carbocycles. The summed E-state index contributed by atoms with van der Waals surface area (Å²) in [7, 11) is 2.10. The molecule has 0 bridgehead atoms. The SMILES string of the molecule is CN(CC1CC1)c1cc(-c2ccc3nc(Nc4cc(CN5CCN(C(=O)C6CC6)CC5)ccn4)[nH]c3c2)ncn1. The minimum Gasteiger partial charge on any atom is -0.359 e. The lowest BCUT2D eigenvalue weighted by Gasteiger charge is -2.34. The Kier molecular flexibility index (Phi) is 6.55. The fourth-order valence-corrected chi connectivity index (χ4v) is 5.46. The predicted octanol–water partition coefficient (Wildman–Crippen LogP) is 4.06. The van der Waals surface area contributed by atoms with Crippen LogP contribution in [0.3, 0.4) is 0 Å². The standard InChI is InChI=1S/C30H35N9O/c1-37(17-20-2-3-20)28-16-25(32-19-33-28)23-6-7-24-26(15-23)35-30(34-24)36-27-14-21(8-9-31-27)18-38-10-12-39(13-11-38)29(40)22-4-5-22/h6-9,14-16,19-20,22H,2-5,10-13,17-18H2,1H3,(H2,31,34,35,36). The van der Waals surface area contributed by atoms with E-state index in [2.05, 4.69) is 72.4 Å². The maximum absolute atomic E-state index is 12.3. The Morgan fingerprint density at radius 2 is 1.88 bits per heavy atom. The molecule has 2 saturated carbocycles. The highest BCUT2D eigenvalue weighted by Crippen LogP contribution is 2.32. The topological polar surface area (TPSA) is 106 Å². The van der Waals surface area contributed by atoms with Crippen LogP contribution in [0.15, 0.2) is 48.9 Å². The third-order valence-corrected chi connectivity index (χ3v) is 8.14. The van der Waals surface area contributed by atoms with E-state index in [0.717, 1.165) is 92.0 Å². The van der Waals surface area contributed by atoms with Crippen molar-refractivity contribution in [2.45, 2.75) is 32.2 Å². The number of pyridine rings is 1. The van der Waals surface area contributed by atoms with E-state index in [4.69, 9.17) is 4.98 Å². The second-order valence-electron chi connectivity index (χ2n) is 11.5. The largest absolute Gasteiger partial charge is 0.359 e. The van der Waals surface area contributed by atoms with Crippen LogP contribution < -0.4 is 10.2 Å². The average Bonchev–Trinajstić information content (AvgIpc) is 3.91. The fraction of sp³-hybridized carbons (Fsp3) is 0.433. The first-order chi connectivity index (χ1) is 19.6. The number of imidazole rings is 1. The van der Waals surface area contributed by atoms with Crippen molar-refractivity contribution in [2.75, 3.05) is 50.0 Å². The van der Waals surface area contributed by atoms with Crippen LogP contribution in [0.4, 0.5) is 17.6 Å². The van der Waals surface area contributed by atoms with Crippen LogP contribution in [0.1, 0.15) is 31.2 Å². The number of nitrogens with zero attached hydrogens (tertiary/aromatic N) is 7.